The van der Waals surface area contributed by atoms with Gasteiger partial charge in [-0.1, -0.05) is 89.2 Å². The van der Waals surface area contributed by atoms with Crippen LogP contribution in [0.15, 0.2) is 93.8 Å². The molecule has 3 heterocycles. The maximum Gasteiger partial charge on any atom is 0.259 e. The number of hydrogen-bond acceptors (Lipinski definition) is 12. The number of guanidine groups is 1. The van der Waals surface area contributed by atoms with Gasteiger partial charge in [0.15, 0.2) is 26.4 Å². The predicted octanol–water partition coefficient (Wildman–Crippen LogP) is 8.28. The van der Waals surface area contributed by atoms with Crippen molar-refractivity contribution >= 4 is 46.8 Å². The first-order valence-electron chi connectivity index (χ1n) is 22.2. The Kier molecular flexibility index (Phi) is 15.9. The second-order valence-electron chi connectivity index (χ2n) is 18.7. The van der Waals surface area contributed by atoms with Gasteiger partial charge in [-0.05, 0) is 86.8 Å². The molecule has 1 saturated heterocycles. The van der Waals surface area contributed by atoms with E-state index in [1.807, 2.05) is 78.9 Å². The molecule has 0 aliphatic carbocycles. The molecule has 2 amide bonds. The fourth-order valence-corrected chi connectivity index (χ4v) is 10.8. The largest absolute Gasteiger partial charge is 0.497 e. The molecule has 3 aliphatic heterocycles. The van der Waals surface area contributed by atoms with Crippen LogP contribution < -0.4 is 14.8 Å². The predicted molar refractivity (Wildman–Crippen MR) is 257 cm³/mol. The van der Waals surface area contributed by atoms with Crippen molar-refractivity contribution in [2.45, 2.75) is 129 Å². The van der Waals surface area contributed by atoms with Crippen LogP contribution in [0, 0.1) is 5.92 Å². The van der Waals surface area contributed by atoms with E-state index < -0.39 is 70.8 Å². The van der Waals surface area contributed by atoms with Crippen LogP contribution in [0.3, 0.4) is 0 Å². The lowest BCUT2D eigenvalue weighted by Crippen LogP contribution is -2.56. The van der Waals surface area contributed by atoms with Gasteiger partial charge in [0.2, 0.25) is 5.96 Å². The van der Waals surface area contributed by atoms with Gasteiger partial charge in [-0.15, -0.1) is 0 Å². The minimum Gasteiger partial charge on any atom is -0.497 e. The molecule has 352 valence electrons. The minimum absolute atomic E-state index is 0.00129. The molecule has 6 rings (SSSR count). The van der Waals surface area contributed by atoms with Gasteiger partial charge in [0.05, 0.1) is 27.2 Å². The number of nitrogens with one attached hydrogen (secondary N) is 1. The van der Waals surface area contributed by atoms with Crippen molar-refractivity contribution in [3.8, 4) is 11.5 Å². The van der Waals surface area contributed by atoms with Gasteiger partial charge in [-0.2, -0.15) is 9.98 Å². The lowest BCUT2D eigenvalue weighted by molar-refractivity contribution is -0.120. The summed E-state index contributed by atoms with van der Waals surface area (Å²) >= 11 is 0. The minimum atomic E-state index is -2.64. The zero-order valence-corrected chi connectivity index (χ0v) is 42.2. The topological polar surface area (TPSA) is 154 Å². The highest BCUT2D eigenvalue weighted by atomic mass is 31.2. The molecular weight excluding hydrogens is 864 g/mol. The van der Waals surface area contributed by atoms with Crippen molar-refractivity contribution in [1.82, 2.24) is 14.9 Å². The normalized spacial score (nSPS) is 22.5. The van der Waals surface area contributed by atoms with Crippen molar-refractivity contribution in [2.24, 2.45) is 20.9 Å². The Morgan fingerprint density at radius 3 is 1.91 bits per heavy atom. The number of benzene rings is 3. The SMILES string of the molecule is COc1ccc(C(OC[C@H]2O[C@@H](N3C=NC4C(=O)NC(=NC(=O)C(C)C)N=C43)[C@H](O[Si](C)(C)C(C)(C)C)[C@@H]2OP(OC)N(C(C)C)C(C)C)(c2ccccc2)c2ccc(OC)cc2)cc1. The van der Waals surface area contributed by atoms with E-state index in [4.69, 9.17) is 37.4 Å². The first-order chi connectivity index (χ1) is 30.8. The first kappa shape index (κ1) is 50.0. The third-order valence-corrected chi connectivity index (χ3v) is 18.8. The fraction of sp³-hybridized carbons (Fsp3) is 0.521. The maximum absolute atomic E-state index is 13.6. The second-order valence-corrected chi connectivity index (χ2v) is 25.0. The molecule has 17 heteroatoms. The van der Waals surface area contributed by atoms with Gasteiger partial charge < -0.3 is 32.4 Å². The molecule has 15 nitrogen and oxygen atoms in total. The molecule has 2 unspecified atom stereocenters. The van der Waals surface area contributed by atoms with E-state index >= 15 is 0 Å². The molecule has 65 heavy (non-hydrogen) atoms. The Hall–Kier alpha value is -4.38. The van der Waals surface area contributed by atoms with Crippen LogP contribution in [0.1, 0.15) is 79.0 Å². The van der Waals surface area contributed by atoms with Gasteiger partial charge in [-0.25, -0.2) is 4.67 Å². The average Bonchev–Trinajstić information content (AvgIpc) is 3.84. The number of hydrogen-bond donors (Lipinski definition) is 1. The number of fused-ring (bicyclic) bond motifs is 1. The zero-order chi connectivity index (χ0) is 47.4. The van der Waals surface area contributed by atoms with Gasteiger partial charge in [0.25, 0.3) is 20.3 Å². The van der Waals surface area contributed by atoms with Crippen molar-refractivity contribution in [3.05, 3.63) is 95.6 Å². The highest BCUT2D eigenvalue weighted by Gasteiger charge is 2.57. The van der Waals surface area contributed by atoms with Crippen LogP contribution in [-0.4, -0.2) is 118 Å². The second kappa shape index (κ2) is 20.6. The van der Waals surface area contributed by atoms with Crippen molar-refractivity contribution < 1.29 is 42.0 Å². The number of carbonyl (C=O) groups excluding carboxylic acids is 2. The van der Waals surface area contributed by atoms with Gasteiger partial charge in [0.1, 0.15) is 35.4 Å². The molecule has 3 aromatic carbocycles. The number of methoxy groups -OCH3 is 2. The molecule has 0 aromatic heterocycles. The van der Waals surface area contributed by atoms with Crippen molar-refractivity contribution in [2.75, 3.05) is 27.9 Å². The quantitative estimate of drug-likeness (QED) is 0.0745. The standard InChI is InChI=1S/C48H67N6O9PSi/c1-30(2)43(55)51-46-50-42-39(44(56)52-46)49-29-53(42)45-41(63-65(13,14)47(7,8)9)40(62-64(59-12)54(31(3)4)32(5)6)38(61-45)28-60-48(33-18-16-15-17-19-33,34-20-24-36(57-10)25-21-34)35-22-26-37(58-11)27-23-35/h15-27,29-32,38-41,45H,28H2,1-14H3,(H,51,52,55,56)/t38-,39?,40-,41-,45-,64?/m1/s1. The van der Waals surface area contributed by atoms with E-state index in [1.54, 1.807) is 46.4 Å². The number of amides is 2. The molecular formula is C48H67N6O9PSi. The van der Waals surface area contributed by atoms with Crippen molar-refractivity contribution in [1.29, 1.82) is 0 Å². The Labute approximate surface area is 387 Å². The van der Waals surface area contributed by atoms with Crippen LogP contribution in [0.2, 0.25) is 18.1 Å². The summed E-state index contributed by atoms with van der Waals surface area (Å²) in [6.07, 6.45) is -1.73. The molecule has 0 spiro atoms. The Morgan fingerprint density at radius 1 is 0.862 bits per heavy atom. The molecule has 1 fully saturated rings. The van der Waals surface area contributed by atoms with Crippen LogP contribution in [-0.2, 0) is 38.1 Å². The number of carbonyl (C=O) groups is 2. The molecule has 0 radical (unpaired) electrons. The third-order valence-electron chi connectivity index (χ3n) is 12.3. The van der Waals surface area contributed by atoms with E-state index in [0.717, 1.165) is 16.7 Å². The van der Waals surface area contributed by atoms with E-state index in [0.29, 0.717) is 11.5 Å². The molecule has 1 N–H and O–H groups in total. The molecule has 3 aromatic rings. The summed E-state index contributed by atoms with van der Waals surface area (Å²) in [5.74, 6) is 0.264. The molecule has 0 bridgehead atoms. The highest BCUT2D eigenvalue weighted by molar-refractivity contribution is 7.44. The average molecular weight is 931 g/mol. The van der Waals surface area contributed by atoms with Crippen molar-refractivity contribution in [3.63, 3.8) is 0 Å². The van der Waals surface area contributed by atoms with E-state index in [2.05, 4.69) is 81.5 Å². The highest BCUT2D eigenvalue weighted by Crippen LogP contribution is 2.51. The Balaban J connectivity index is 1.54. The molecule has 3 aliphatic rings. The number of rotatable bonds is 18. The van der Waals surface area contributed by atoms with E-state index in [9.17, 15) is 9.59 Å². The van der Waals surface area contributed by atoms with Crippen LogP contribution in [0.4, 0.5) is 0 Å². The third kappa shape index (κ3) is 10.6. The summed E-state index contributed by atoms with van der Waals surface area (Å²) in [5.41, 5.74) is 1.39. The summed E-state index contributed by atoms with van der Waals surface area (Å²) in [6, 6.07) is 24.9. The number of ether oxygens (including phenoxy) is 4. The number of nitrogens with zero attached hydrogens (tertiary/aromatic N) is 5. The Morgan fingerprint density at radius 2 is 1.42 bits per heavy atom. The van der Waals surface area contributed by atoms with Crippen LogP contribution in [0.25, 0.3) is 0 Å². The summed E-state index contributed by atoms with van der Waals surface area (Å²) < 4.78 is 49.2. The van der Waals surface area contributed by atoms with E-state index in [-0.39, 0.29) is 35.5 Å². The maximum atomic E-state index is 13.6. The smallest absolute Gasteiger partial charge is 0.259 e. The Bertz CT molecular complexity index is 2140. The summed E-state index contributed by atoms with van der Waals surface area (Å²) in [4.78, 5) is 41.6. The first-order valence-corrected chi connectivity index (χ1v) is 26.2. The number of aliphatic imine (C=N–C) groups is 3. The lowest BCUT2D eigenvalue weighted by atomic mass is 9.80. The summed E-state index contributed by atoms with van der Waals surface area (Å²) in [6.45, 7) is 22.8. The van der Waals surface area contributed by atoms with Gasteiger partial charge in [-0.3, -0.25) is 24.8 Å². The van der Waals surface area contributed by atoms with Gasteiger partial charge in [0, 0.05) is 25.1 Å². The lowest BCUT2D eigenvalue weighted by Gasteiger charge is -2.43. The van der Waals surface area contributed by atoms with Crippen LogP contribution in [0.5, 0.6) is 11.5 Å². The monoisotopic (exact) mass is 930 g/mol. The number of amidine groups is 1. The zero-order valence-electron chi connectivity index (χ0n) is 40.3. The van der Waals surface area contributed by atoms with Gasteiger partial charge >= 0.3 is 0 Å². The van der Waals surface area contributed by atoms with Crippen LogP contribution >= 0.6 is 8.53 Å². The van der Waals surface area contributed by atoms with E-state index in [1.165, 1.54) is 0 Å². The molecule has 6 atom stereocenters. The summed E-state index contributed by atoms with van der Waals surface area (Å²) in [7, 11) is 0.611. The fourth-order valence-electron chi connectivity index (χ4n) is 7.89. The molecule has 0 saturated carbocycles. The summed E-state index contributed by atoms with van der Waals surface area (Å²) in [5, 5.41) is 2.43.